The molecule has 8 heteroatoms. The number of para-hydroxylation sites is 2. The van der Waals surface area contributed by atoms with Crippen LogP contribution in [0.5, 0.6) is 11.5 Å². The van der Waals surface area contributed by atoms with Gasteiger partial charge in [-0.3, -0.25) is 19.2 Å². The minimum atomic E-state index is -1.17. The Labute approximate surface area is 204 Å². The number of carbonyl (C=O) groups is 4. The zero-order valence-electron chi connectivity index (χ0n) is 20.8. The summed E-state index contributed by atoms with van der Waals surface area (Å²) in [7, 11) is 6.14. The first-order valence-electron chi connectivity index (χ1n) is 11.6. The zero-order chi connectivity index (χ0) is 25.6. The molecule has 35 heavy (non-hydrogen) atoms. The molecule has 2 heterocycles. The van der Waals surface area contributed by atoms with E-state index in [0.717, 1.165) is 0 Å². The summed E-state index contributed by atoms with van der Waals surface area (Å²) < 4.78 is 10.8. The number of rotatable bonds is 6. The summed E-state index contributed by atoms with van der Waals surface area (Å²) in [5.74, 6) is -3.96. The van der Waals surface area contributed by atoms with Crippen LogP contribution in [0.1, 0.15) is 41.0 Å². The Morgan fingerprint density at radius 3 is 1.49 bits per heavy atom. The second kappa shape index (κ2) is 9.17. The summed E-state index contributed by atoms with van der Waals surface area (Å²) in [5, 5.41) is 0. The molecule has 0 bridgehead atoms. The Balaban J connectivity index is 1.86. The minimum Gasteiger partial charge on any atom is -0.495 e. The lowest BCUT2D eigenvalue weighted by atomic mass is 9.68. The van der Waals surface area contributed by atoms with Gasteiger partial charge >= 0.3 is 0 Å². The molecule has 0 spiro atoms. The highest BCUT2D eigenvalue weighted by Gasteiger charge is 2.52. The first-order chi connectivity index (χ1) is 16.6. The van der Waals surface area contributed by atoms with Crippen molar-refractivity contribution in [2.45, 2.75) is 20.3 Å². The topological polar surface area (TPSA) is 93.2 Å². The molecule has 2 aliphatic rings. The largest absolute Gasteiger partial charge is 0.495 e. The number of hydrogen-bond donors (Lipinski definition) is 0. The lowest BCUT2D eigenvalue weighted by molar-refractivity contribution is -0.126. The second-order valence-electron chi connectivity index (χ2n) is 9.48. The van der Waals surface area contributed by atoms with E-state index in [1.165, 1.54) is 24.0 Å². The molecule has 4 rings (SSSR count). The average Bonchev–Trinajstić information content (AvgIpc) is 2.84. The average molecular weight is 479 g/mol. The van der Waals surface area contributed by atoms with Gasteiger partial charge in [-0.25, -0.2) is 0 Å². The number of amides is 2. The van der Waals surface area contributed by atoms with Crippen molar-refractivity contribution in [1.29, 1.82) is 0 Å². The second-order valence-corrected chi connectivity index (χ2v) is 9.48. The summed E-state index contributed by atoms with van der Waals surface area (Å²) >= 11 is 0. The molecule has 2 aliphatic heterocycles. The summed E-state index contributed by atoms with van der Waals surface area (Å²) in [4.78, 5) is 57.7. The first kappa shape index (κ1) is 24.4. The molecule has 0 saturated heterocycles. The van der Waals surface area contributed by atoms with Gasteiger partial charge in [0.15, 0.2) is 11.6 Å². The van der Waals surface area contributed by atoms with E-state index in [1.807, 2.05) is 13.8 Å². The smallest absolute Gasteiger partial charge is 0.238 e. The highest BCUT2D eigenvalue weighted by molar-refractivity contribution is 6.26. The summed E-state index contributed by atoms with van der Waals surface area (Å²) in [6.45, 7) is 3.90. The number of methoxy groups -OCH3 is 2. The van der Waals surface area contributed by atoms with Crippen molar-refractivity contribution in [3.8, 4) is 11.5 Å². The van der Waals surface area contributed by atoms with E-state index in [0.29, 0.717) is 40.4 Å². The fourth-order valence-corrected chi connectivity index (χ4v) is 5.42. The maximum atomic E-state index is 13.8. The van der Waals surface area contributed by atoms with Crippen molar-refractivity contribution in [2.24, 2.45) is 23.7 Å². The van der Waals surface area contributed by atoms with Gasteiger partial charge in [0.1, 0.15) is 23.3 Å². The normalized spacial score (nSPS) is 20.7. The van der Waals surface area contributed by atoms with E-state index in [1.54, 1.807) is 50.5 Å². The number of Topliss-reactive ketones (excluding diaryl/α,β-unsaturated/α-hetero) is 2. The van der Waals surface area contributed by atoms with Crippen LogP contribution in [0.4, 0.5) is 11.4 Å². The molecule has 2 aromatic rings. The van der Waals surface area contributed by atoms with Crippen molar-refractivity contribution in [2.75, 3.05) is 38.1 Å². The predicted molar refractivity (Wildman–Crippen MR) is 131 cm³/mol. The number of carbonyl (C=O) groups excluding carboxylic acids is 4. The molecule has 2 aromatic carbocycles. The zero-order valence-corrected chi connectivity index (χ0v) is 20.8. The van der Waals surface area contributed by atoms with Gasteiger partial charge in [-0.15, -0.1) is 0 Å². The van der Waals surface area contributed by atoms with Crippen LogP contribution >= 0.6 is 0 Å². The monoisotopic (exact) mass is 478 g/mol. The summed E-state index contributed by atoms with van der Waals surface area (Å²) in [6, 6.07) is 10.1. The molecule has 0 aromatic heterocycles. The Hall–Kier alpha value is -3.68. The van der Waals surface area contributed by atoms with Gasteiger partial charge in [0.25, 0.3) is 0 Å². The van der Waals surface area contributed by atoms with Crippen molar-refractivity contribution in [3.63, 3.8) is 0 Å². The Kier molecular flexibility index (Phi) is 6.40. The third-order valence-corrected chi connectivity index (χ3v) is 7.00. The maximum absolute atomic E-state index is 13.8. The maximum Gasteiger partial charge on any atom is 0.238 e. The van der Waals surface area contributed by atoms with Crippen LogP contribution in [0.15, 0.2) is 36.4 Å². The van der Waals surface area contributed by atoms with Crippen LogP contribution in [0, 0.1) is 23.7 Å². The van der Waals surface area contributed by atoms with E-state index in [9.17, 15) is 19.2 Å². The predicted octanol–water partition coefficient (Wildman–Crippen LogP) is 3.62. The van der Waals surface area contributed by atoms with Crippen LogP contribution in [0.25, 0.3) is 0 Å². The van der Waals surface area contributed by atoms with E-state index in [-0.39, 0.29) is 5.92 Å². The SMILES string of the molecule is COc1cccc2c1N(C)C(=O)C(C(CC(C)C)C1C(=O)c3cccc(OC)c3N(C)C1=O)C2=O. The van der Waals surface area contributed by atoms with Crippen LogP contribution in [-0.4, -0.2) is 51.7 Å². The van der Waals surface area contributed by atoms with Crippen LogP contribution < -0.4 is 19.3 Å². The van der Waals surface area contributed by atoms with Gasteiger partial charge < -0.3 is 19.3 Å². The lowest BCUT2D eigenvalue weighted by Crippen LogP contribution is -2.53. The summed E-state index contributed by atoms with van der Waals surface area (Å²) in [5.41, 5.74) is 1.49. The molecule has 0 N–H and O–H groups in total. The summed E-state index contributed by atoms with van der Waals surface area (Å²) in [6.07, 6.45) is 0.352. The number of nitrogens with zero attached hydrogens (tertiary/aromatic N) is 2. The fraction of sp³-hybridized carbons (Fsp3) is 0.407. The molecule has 0 fully saturated rings. The van der Waals surface area contributed by atoms with Crippen molar-refractivity contribution >= 4 is 34.8 Å². The third kappa shape index (κ3) is 3.77. The van der Waals surface area contributed by atoms with Gasteiger partial charge in [-0.05, 0) is 42.5 Å². The molecule has 0 aliphatic carbocycles. The van der Waals surface area contributed by atoms with E-state index in [4.69, 9.17) is 9.47 Å². The number of hydrogen-bond acceptors (Lipinski definition) is 6. The molecular formula is C27H30N2O6. The van der Waals surface area contributed by atoms with Gasteiger partial charge in [-0.2, -0.15) is 0 Å². The van der Waals surface area contributed by atoms with Crippen LogP contribution in [-0.2, 0) is 9.59 Å². The molecule has 2 unspecified atom stereocenters. The molecule has 184 valence electrons. The molecule has 2 atom stereocenters. The molecular weight excluding hydrogens is 448 g/mol. The molecule has 0 radical (unpaired) electrons. The Morgan fingerprint density at radius 2 is 1.14 bits per heavy atom. The molecule has 8 nitrogen and oxygen atoms in total. The van der Waals surface area contributed by atoms with E-state index >= 15 is 0 Å². The number of fused-ring (bicyclic) bond motifs is 2. The Bertz CT molecular complexity index is 1130. The van der Waals surface area contributed by atoms with Crippen LogP contribution in [0.2, 0.25) is 0 Å². The van der Waals surface area contributed by atoms with E-state index in [2.05, 4.69) is 0 Å². The minimum absolute atomic E-state index is 0.0372. The number of benzene rings is 2. The van der Waals surface area contributed by atoms with Crippen molar-refractivity contribution in [1.82, 2.24) is 0 Å². The number of anilines is 2. The van der Waals surface area contributed by atoms with Gasteiger partial charge in [0.05, 0.1) is 25.6 Å². The van der Waals surface area contributed by atoms with Gasteiger partial charge in [-0.1, -0.05) is 26.0 Å². The van der Waals surface area contributed by atoms with E-state index < -0.39 is 41.1 Å². The highest BCUT2D eigenvalue weighted by atomic mass is 16.5. The highest BCUT2D eigenvalue weighted by Crippen LogP contribution is 2.46. The lowest BCUT2D eigenvalue weighted by Gasteiger charge is -2.41. The standard InChI is InChI=1S/C27H30N2O6/c1-14(2)13-17(20-24(30)15-9-7-11-18(34-5)22(15)28(3)26(20)32)21-25(31)16-10-8-12-19(35-6)23(16)29(4)27(21)33/h7-12,14,17,20-21H,13H2,1-6H3. The number of ether oxygens (including phenoxy) is 2. The third-order valence-electron chi connectivity index (χ3n) is 7.00. The molecule has 0 saturated carbocycles. The first-order valence-corrected chi connectivity index (χ1v) is 11.6. The van der Waals surface area contributed by atoms with Gasteiger partial charge in [0, 0.05) is 25.2 Å². The quantitative estimate of drug-likeness (QED) is 0.589. The number of ketones is 2. The van der Waals surface area contributed by atoms with Gasteiger partial charge in [0.2, 0.25) is 11.8 Å². The Morgan fingerprint density at radius 1 is 0.743 bits per heavy atom. The van der Waals surface area contributed by atoms with Crippen LogP contribution in [0.3, 0.4) is 0 Å². The molecule has 2 amide bonds. The van der Waals surface area contributed by atoms with Crippen molar-refractivity contribution in [3.05, 3.63) is 47.5 Å². The van der Waals surface area contributed by atoms with Crippen molar-refractivity contribution < 1.29 is 28.7 Å². The fourth-order valence-electron chi connectivity index (χ4n) is 5.42.